The second kappa shape index (κ2) is 10.2. The van der Waals surface area contributed by atoms with E-state index in [2.05, 4.69) is 41.5 Å². The third-order valence-electron chi connectivity index (χ3n) is 4.87. The lowest BCUT2D eigenvalue weighted by Crippen LogP contribution is -2.43. The molecule has 0 bridgehead atoms. The van der Waals surface area contributed by atoms with E-state index in [0.717, 1.165) is 41.8 Å². The van der Waals surface area contributed by atoms with Gasteiger partial charge in [-0.3, -0.25) is 4.79 Å². The molecule has 1 aromatic heterocycles. The number of aryl methyl sites for hydroxylation is 2. The molecule has 7 heteroatoms. The average molecular weight is 410 g/mol. The summed E-state index contributed by atoms with van der Waals surface area (Å²) < 4.78 is 5.34. The number of benzene rings is 1. The zero-order valence-corrected chi connectivity index (χ0v) is 17.5. The Morgan fingerprint density at radius 2 is 2.00 bits per heavy atom. The standard InChI is InChI=1S/C20H27N3O2S.ClH/c1-3-4-14-5-7-16(8-6-14)18-13(2)26-20(22-18)23-19(24)17(21)15-9-11-25-12-10-15;/h5-8,15,17H,3-4,9-12,21H2,1-2H3,(H,22,23,24);1H. The average Bonchev–Trinajstić information content (AvgIpc) is 3.03. The molecule has 148 valence electrons. The predicted molar refractivity (Wildman–Crippen MR) is 114 cm³/mol. The number of rotatable bonds is 6. The fourth-order valence-electron chi connectivity index (χ4n) is 3.31. The van der Waals surface area contributed by atoms with Crippen LogP contribution in [0.25, 0.3) is 11.3 Å². The molecule has 1 fully saturated rings. The van der Waals surface area contributed by atoms with Gasteiger partial charge in [0.05, 0.1) is 11.7 Å². The highest BCUT2D eigenvalue weighted by Gasteiger charge is 2.27. The van der Waals surface area contributed by atoms with Gasteiger partial charge in [0.2, 0.25) is 5.91 Å². The molecule has 2 aromatic rings. The van der Waals surface area contributed by atoms with E-state index < -0.39 is 6.04 Å². The molecule has 1 aliphatic heterocycles. The molecule has 1 unspecified atom stereocenters. The van der Waals surface area contributed by atoms with Crippen LogP contribution < -0.4 is 11.1 Å². The summed E-state index contributed by atoms with van der Waals surface area (Å²) in [5.74, 6) is 0.0193. The minimum Gasteiger partial charge on any atom is -0.381 e. The van der Waals surface area contributed by atoms with Crippen molar-refractivity contribution in [1.82, 2.24) is 4.98 Å². The quantitative estimate of drug-likeness (QED) is 0.750. The highest BCUT2D eigenvalue weighted by molar-refractivity contribution is 7.16. The van der Waals surface area contributed by atoms with E-state index in [1.54, 1.807) is 0 Å². The Hall–Kier alpha value is -1.47. The summed E-state index contributed by atoms with van der Waals surface area (Å²) in [5, 5.41) is 3.52. The Morgan fingerprint density at radius 3 is 2.63 bits per heavy atom. The lowest BCUT2D eigenvalue weighted by Gasteiger charge is -2.26. The van der Waals surface area contributed by atoms with E-state index in [4.69, 9.17) is 10.5 Å². The van der Waals surface area contributed by atoms with Crippen LogP contribution in [0.15, 0.2) is 24.3 Å². The van der Waals surface area contributed by atoms with E-state index in [0.29, 0.717) is 18.3 Å². The highest BCUT2D eigenvalue weighted by Crippen LogP contribution is 2.31. The van der Waals surface area contributed by atoms with Crippen LogP contribution in [-0.4, -0.2) is 30.1 Å². The van der Waals surface area contributed by atoms with E-state index >= 15 is 0 Å². The van der Waals surface area contributed by atoms with E-state index in [1.807, 2.05) is 6.92 Å². The number of aromatic nitrogens is 1. The smallest absolute Gasteiger partial charge is 0.243 e. The third-order valence-corrected chi connectivity index (χ3v) is 5.76. The molecule has 1 aromatic carbocycles. The molecule has 1 amide bonds. The molecule has 1 atom stereocenters. The van der Waals surface area contributed by atoms with Crippen LogP contribution in [0.1, 0.15) is 36.6 Å². The Balaban J connectivity index is 0.00000261. The zero-order chi connectivity index (χ0) is 18.5. The van der Waals surface area contributed by atoms with Crippen LogP contribution >= 0.6 is 23.7 Å². The molecule has 0 spiro atoms. The van der Waals surface area contributed by atoms with Gasteiger partial charge in [0.25, 0.3) is 0 Å². The fourth-order valence-corrected chi connectivity index (χ4v) is 4.15. The van der Waals surface area contributed by atoms with E-state index in [-0.39, 0.29) is 24.2 Å². The maximum Gasteiger partial charge on any atom is 0.243 e. The summed E-state index contributed by atoms with van der Waals surface area (Å²) in [5.41, 5.74) is 9.48. The second-order valence-corrected chi connectivity index (χ2v) is 8.04. The Kier molecular flexibility index (Phi) is 8.23. The largest absolute Gasteiger partial charge is 0.381 e. The molecule has 1 saturated heterocycles. The highest BCUT2D eigenvalue weighted by atomic mass is 35.5. The van der Waals surface area contributed by atoms with Crippen molar-refractivity contribution in [2.45, 2.75) is 45.6 Å². The molecule has 0 aliphatic carbocycles. The number of carbonyl (C=O) groups is 1. The van der Waals surface area contributed by atoms with E-state index in [9.17, 15) is 4.79 Å². The molecule has 1 aliphatic rings. The van der Waals surface area contributed by atoms with Gasteiger partial charge in [-0.25, -0.2) is 4.98 Å². The SMILES string of the molecule is CCCc1ccc(-c2nc(NC(=O)C(N)C3CCOCC3)sc2C)cc1.Cl. The monoisotopic (exact) mass is 409 g/mol. The predicted octanol–water partition coefficient (Wildman–Crippen LogP) is 4.19. The van der Waals surface area contributed by atoms with Crippen LogP contribution in [0.3, 0.4) is 0 Å². The third kappa shape index (κ3) is 5.51. The van der Waals surface area contributed by atoms with Crippen molar-refractivity contribution >= 4 is 34.8 Å². The van der Waals surface area contributed by atoms with Crippen molar-refractivity contribution in [2.75, 3.05) is 18.5 Å². The molecule has 27 heavy (non-hydrogen) atoms. The molecular weight excluding hydrogens is 382 g/mol. The second-order valence-electron chi connectivity index (χ2n) is 6.84. The topological polar surface area (TPSA) is 77.2 Å². The van der Waals surface area contributed by atoms with Gasteiger partial charge in [0.1, 0.15) is 0 Å². The Bertz CT molecular complexity index is 742. The number of anilines is 1. The van der Waals surface area contributed by atoms with Crippen molar-refractivity contribution in [3.05, 3.63) is 34.7 Å². The minimum atomic E-state index is -0.514. The number of halogens is 1. The fraction of sp³-hybridized carbons (Fsp3) is 0.500. The minimum absolute atomic E-state index is 0. The van der Waals surface area contributed by atoms with Gasteiger partial charge in [-0.2, -0.15) is 0 Å². The van der Waals surface area contributed by atoms with Crippen molar-refractivity contribution in [3.8, 4) is 11.3 Å². The number of ether oxygens (including phenoxy) is 1. The van der Waals surface area contributed by atoms with Gasteiger partial charge in [-0.1, -0.05) is 37.6 Å². The van der Waals surface area contributed by atoms with Gasteiger partial charge >= 0.3 is 0 Å². The number of hydrogen-bond acceptors (Lipinski definition) is 5. The Morgan fingerprint density at radius 1 is 1.33 bits per heavy atom. The lowest BCUT2D eigenvalue weighted by atomic mass is 9.92. The summed E-state index contributed by atoms with van der Waals surface area (Å²) in [6.45, 7) is 5.57. The number of amides is 1. The van der Waals surface area contributed by atoms with Crippen molar-refractivity contribution < 1.29 is 9.53 Å². The maximum atomic E-state index is 12.5. The van der Waals surface area contributed by atoms with E-state index in [1.165, 1.54) is 16.9 Å². The number of nitrogens with one attached hydrogen (secondary N) is 1. The first-order valence-corrected chi connectivity index (χ1v) is 10.1. The Labute approximate surface area is 171 Å². The maximum absolute atomic E-state index is 12.5. The van der Waals surface area contributed by atoms with Crippen LogP contribution in [-0.2, 0) is 16.0 Å². The molecule has 2 heterocycles. The van der Waals surface area contributed by atoms with Gasteiger partial charge in [0, 0.05) is 23.7 Å². The summed E-state index contributed by atoms with van der Waals surface area (Å²) in [6.07, 6.45) is 3.89. The van der Waals surface area contributed by atoms with Gasteiger partial charge in [0.15, 0.2) is 5.13 Å². The first kappa shape index (κ1) is 21.8. The van der Waals surface area contributed by atoms with Gasteiger partial charge in [-0.05, 0) is 37.7 Å². The lowest BCUT2D eigenvalue weighted by molar-refractivity contribution is -0.119. The van der Waals surface area contributed by atoms with Gasteiger partial charge in [-0.15, -0.1) is 23.7 Å². The van der Waals surface area contributed by atoms with Crippen molar-refractivity contribution in [1.29, 1.82) is 0 Å². The van der Waals surface area contributed by atoms with Crippen LogP contribution in [0.5, 0.6) is 0 Å². The molecule has 0 radical (unpaired) electrons. The summed E-state index contributed by atoms with van der Waals surface area (Å²) in [7, 11) is 0. The number of hydrogen-bond donors (Lipinski definition) is 2. The summed E-state index contributed by atoms with van der Waals surface area (Å²) >= 11 is 1.49. The first-order valence-electron chi connectivity index (χ1n) is 9.29. The zero-order valence-electron chi connectivity index (χ0n) is 15.9. The molecule has 5 nitrogen and oxygen atoms in total. The normalized spacial score (nSPS) is 15.8. The number of thiazole rings is 1. The summed E-state index contributed by atoms with van der Waals surface area (Å²) in [4.78, 5) is 18.2. The van der Waals surface area contributed by atoms with Crippen LogP contribution in [0.2, 0.25) is 0 Å². The van der Waals surface area contributed by atoms with Crippen molar-refractivity contribution in [2.24, 2.45) is 11.7 Å². The van der Waals surface area contributed by atoms with Crippen molar-refractivity contribution in [3.63, 3.8) is 0 Å². The molecule has 0 saturated carbocycles. The molecule has 3 rings (SSSR count). The molecular formula is C20H28ClN3O2S. The van der Waals surface area contributed by atoms with Gasteiger partial charge < -0.3 is 15.8 Å². The van der Waals surface area contributed by atoms with Crippen LogP contribution in [0, 0.1) is 12.8 Å². The molecule has 3 N–H and O–H groups in total. The number of nitrogens with zero attached hydrogens (tertiary/aromatic N) is 1. The summed E-state index contributed by atoms with van der Waals surface area (Å²) in [6, 6.07) is 7.99. The van der Waals surface area contributed by atoms with Crippen LogP contribution in [0.4, 0.5) is 5.13 Å². The first-order chi connectivity index (χ1) is 12.6. The number of nitrogens with two attached hydrogens (primary N) is 1. The number of carbonyl (C=O) groups excluding carboxylic acids is 1.